The van der Waals surface area contributed by atoms with E-state index in [1.165, 1.54) is 30.5 Å². The van der Waals surface area contributed by atoms with Crippen LogP contribution in [0.25, 0.3) is 27.8 Å². The first-order valence-electron chi connectivity index (χ1n) is 11.8. The van der Waals surface area contributed by atoms with E-state index in [-0.39, 0.29) is 11.7 Å². The van der Waals surface area contributed by atoms with Crippen LogP contribution < -0.4 is 5.32 Å². The number of pyridine rings is 1. The largest absolute Gasteiger partial charge is 0.352 e. The number of halogens is 1. The number of benzene rings is 2. The molecule has 0 spiro atoms. The van der Waals surface area contributed by atoms with Gasteiger partial charge in [0.25, 0.3) is 5.91 Å². The molecule has 0 unspecified atom stereocenters. The van der Waals surface area contributed by atoms with Gasteiger partial charge < -0.3 is 5.32 Å². The molecule has 0 radical (unpaired) electrons. The van der Waals surface area contributed by atoms with Crippen LogP contribution in [0.1, 0.15) is 48.2 Å². The lowest BCUT2D eigenvalue weighted by atomic mass is 9.97. The highest BCUT2D eigenvalue weighted by Gasteiger charge is 2.17. The van der Waals surface area contributed by atoms with Gasteiger partial charge in [0.2, 0.25) is 0 Å². The molecule has 2 aromatic carbocycles. The molecular weight excluding hydrogens is 427 g/mol. The van der Waals surface area contributed by atoms with E-state index in [4.69, 9.17) is 4.98 Å². The minimum atomic E-state index is -0.291. The molecule has 1 N–H and O–H groups in total. The van der Waals surface area contributed by atoms with Crippen molar-refractivity contribution in [1.29, 1.82) is 0 Å². The van der Waals surface area contributed by atoms with Crippen LogP contribution in [0.5, 0.6) is 0 Å². The Labute approximate surface area is 198 Å². The Bertz CT molecular complexity index is 1370. The summed E-state index contributed by atoms with van der Waals surface area (Å²) < 4.78 is 15.1. The third kappa shape index (κ3) is 4.49. The lowest BCUT2D eigenvalue weighted by Gasteiger charge is -2.14. The number of nitrogens with zero attached hydrogens (tertiary/aromatic N) is 3. The first-order chi connectivity index (χ1) is 16.6. The number of carbonyl (C=O) groups is 1. The van der Waals surface area contributed by atoms with Crippen LogP contribution in [0.2, 0.25) is 0 Å². The van der Waals surface area contributed by atoms with Gasteiger partial charge >= 0.3 is 0 Å². The maximum Gasteiger partial charge on any atom is 0.252 e. The average Bonchev–Trinajstić information content (AvgIpc) is 3.25. The van der Waals surface area contributed by atoms with E-state index in [1.54, 1.807) is 23.0 Å². The van der Waals surface area contributed by atoms with Gasteiger partial charge in [-0.15, -0.1) is 0 Å². The standard InChI is InChI=1S/C28H27FN4O/c1-19-25(18-31-33(19)22-13-11-21(29)12-14-22)27-17-24(23-9-5-6-10-26(23)32-27)28(34)30-16-15-20-7-3-2-4-8-20/h5-7,9-14,17-18H,2-4,8,15-16H2,1H3,(H,30,34). The zero-order valence-corrected chi connectivity index (χ0v) is 19.2. The molecule has 5 rings (SSSR count). The van der Waals surface area contributed by atoms with E-state index in [0.29, 0.717) is 17.8 Å². The van der Waals surface area contributed by atoms with Crippen LogP contribution in [-0.2, 0) is 0 Å². The summed E-state index contributed by atoms with van der Waals surface area (Å²) in [5.41, 5.74) is 5.95. The molecule has 34 heavy (non-hydrogen) atoms. The summed E-state index contributed by atoms with van der Waals surface area (Å²) in [5, 5.41) is 8.42. The molecule has 1 aliphatic carbocycles. The van der Waals surface area contributed by atoms with Crippen LogP contribution in [0.3, 0.4) is 0 Å². The van der Waals surface area contributed by atoms with Gasteiger partial charge in [0.1, 0.15) is 5.82 Å². The fourth-order valence-corrected chi connectivity index (χ4v) is 4.57. The highest BCUT2D eigenvalue weighted by atomic mass is 19.1. The van der Waals surface area contributed by atoms with Crippen LogP contribution in [-0.4, -0.2) is 27.2 Å². The number of nitrogens with one attached hydrogen (secondary N) is 1. The van der Waals surface area contributed by atoms with Crippen LogP contribution in [0.4, 0.5) is 4.39 Å². The maximum absolute atomic E-state index is 13.4. The second-order valence-corrected chi connectivity index (χ2v) is 8.72. The van der Waals surface area contributed by atoms with E-state index in [9.17, 15) is 9.18 Å². The minimum Gasteiger partial charge on any atom is -0.352 e. The minimum absolute atomic E-state index is 0.0974. The van der Waals surface area contributed by atoms with E-state index in [1.807, 2.05) is 37.3 Å². The summed E-state index contributed by atoms with van der Waals surface area (Å²) in [6.07, 6.45) is 9.74. The summed E-state index contributed by atoms with van der Waals surface area (Å²) in [7, 11) is 0. The molecule has 6 heteroatoms. The van der Waals surface area contributed by atoms with Gasteiger partial charge in [0, 0.05) is 17.5 Å². The Morgan fingerprint density at radius 1 is 1.12 bits per heavy atom. The second kappa shape index (κ2) is 9.59. The molecule has 172 valence electrons. The fraction of sp³-hybridized carbons (Fsp3) is 0.250. The monoisotopic (exact) mass is 454 g/mol. The summed E-state index contributed by atoms with van der Waals surface area (Å²) in [4.78, 5) is 18.0. The zero-order valence-electron chi connectivity index (χ0n) is 19.2. The van der Waals surface area contributed by atoms with Crippen molar-refractivity contribution in [3.05, 3.63) is 89.5 Å². The molecule has 0 fully saturated rings. The molecule has 0 bridgehead atoms. The van der Waals surface area contributed by atoms with Crippen LogP contribution in [0.15, 0.2) is 72.4 Å². The van der Waals surface area contributed by atoms with Crippen molar-refractivity contribution in [3.8, 4) is 16.9 Å². The lowest BCUT2D eigenvalue weighted by molar-refractivity contribution is 0.0955. The lowest BCUT2D eigenvalue weighted by Crippen LogP contribution is -2.25. The third-order valence-electron chi connectivity index (χ3n) is 6.43. The van der Waals surface area contributed by atoms with E-state index in [0.717, 1.165) is 47.1 Å². The van der Waals surface area contributed by atoms with E-state index in [2.05, 4.69) is 16.5 Å². The Kier molecular flexibility index (Phi) is 6.21. The third-order valence-corrected chi connectivity index (χ3v) is 6.43. The average molecular weight is 455 g/mol. The Balaban J connectivity index is 1.46. The van der Waals surface area contributed by atoms with Crippen molar-refractivity contribution in [2.45, 2.75) is 39.0 Å². The van der Waals surface area contributed by atoms with Gasteiger partial charge in [0.05, 0.1) is 34.4 Å². The van der Waals surface area contributed by atoms with Crippen LogP contribution >= 0.6 is 0 Å². The summed E-state index contributed by atoms with van der Waals surface area (Å²) in [5.74, 6) is -0.389. The normalized spacial score (nSPS) is 13.6. The predicted octanol–water partition coefficient (Wildman–Crippen LogP) is 6.16. The number of aromatic nitrogens is 3. The highest BCUT2D eigenvalue weighted by Crippen LogP contribution is 2.28. The summed E-state index contributed by atoms with van der Waals surface area (Å²) in [6.45, 7) is 2.57. The highest BCUT2D eigenvalue weighted by molar-refractivity contribution is 6.07. The smallest absolute Gasteiger partial charge is 0.252 e. The number of fused-ring (bicyclic) bond motifs is 1. The zero-order chi connectivity index (χ0) is 23.5. The van der Waals surface area contributed by atoms with Crippen molar-refractivity contribution in [2.24, 2.45) is 0 Å². The Morgan fingerprint density at radius 3 is 2.74 bits per heavy atom. The molecule has 2 aromatic heterocycles. The first-order valence-corrected chi connectivity index (χ1v) is 11.8. The van der Waals surface area contributed by atoms with Crippen molar-refractivity contribution in [3.63, 3.8) is 0 Å². The van der Waals surface area contributed by atoms with Crippen molar-refractivity contribution in [2.75, 3.05) is 6.54 Å². The number of hydrogen-bond acceptors (Lipinski definition) is 3. The number of amides is 1. The molecule has 0 saturated heterocycles. The molecule has 2 heterocycles. The first kappa shape index (κ1) is 22.0. The summed E-state index contributed by atoms with van der Waals surface area (Å²) >= 11 is 0. The molecule has 0 saturated carbocycles. The van der Waals surface area contributed by atoms with Crippen molar-refractivity contribution >= 4 is 16.8 Å². The Morgan fingerprint density at radius 2 is 1.94 bits per heavy atom. The molecule has 0 aliphatic heterocycles. The van der Waals surface area contributed by atoms with Crippen molar-refractivity contribution < 1.29 is 9.18 Å². The second-order valence-electron chi connectivity index (χ2n) is 8.72. The number of hydrogen-bond donors (Lipinski definition) is 1. The summed E-state index contributed by atoms with van der Waals surface area (Å²) in [6, 6.07) is 15.7. The Hall–Kier alpha value is -3.80. The maximum atomic E-state index is 13.4. The number of rotatable bonds is 6. The van der Waals surface area contributed by atoms with E-state index >= 15 is 0 Å². The van der Waals surface area contributed by atoms with E-state index < -0.39 is 0 Å². The SMILES string of the molecule is Cc1c(-c2cc(C(=O)NCCC3=CCCCC3)c3ccccc3n2)cnn1-c1ccc(F)cc1. The molecule has 4 aromatic rings. The van der Waals surface area contributed by atoms with Crippen molar-refractivity contribution in [1.82, 2.24) is 20.1 Å². The molecule has 1 amide bonds. The quantitative estimate of drug-likeness (QED) is 0.355. The van der Waals surface area contributed by atoms with Gasteiger partial charge in [0.15, 0.2) is 0 Å². The van der Waals surface area contributed by atoms with Gasteiger partial charge in [-0.25, -0.2) is 14.1 Å². The molecule has 1 aliphatic rings. The van der Waals surface area contributed by atoms with Gasteiger partial charge in [-0.2, -0.15) is 5.10 Å². The molecule has 5 nitrogen and oxygen atoms in total. The van der Waals surface area contributed by atoms with Gasteiger partial charge in [-0.05, 0) is 75.4 Å². The fourth-order valence-electron chi connectivity index (χ4n) is 4.57. The predicted molar refractivity (Wildman–Crippen MR) is 132 cm³/mol. The molecule has 0 atom stereocenters. The number of para-hydroxylation sites is 1. The molecular formula is C28H27FN4O. The van der Waals surface area contributed by atoms with Crippen LogP contribution in [0, 0.1) is 12.7 Å². The van der Waals surface area contributed by atoms with Gasteiger partial charge in [-0.1, -0.05) is 29.8 Å². The number of allylic oxidation sites excluding steroid dienone is 1. The van der Waals surface area contributed by atoms with Gasteiger partial charge in [-0.3, -0.25) is 4.79 Å². The topological polar surface area (TPSA) is 59.8 Å². The number of carbonyl (C=O) groups excluding carboxylic acids is 1.